The van der Waals surface area contributed by atoms with Crippen LogP contribution in [0.1, 0.15) is 41.3 Å². The summed E-state index contributed by atoms with van der Waals surface area (Å²) in [7, 11) is 1.62. The Morgan fingerprint density at radius 3 is 2.59 bits per heavy atom. The van der Waals surface area contributed by atoms with Gasteiger partial charge in [0, 0.05) is 42.8 Å². The minimum absolute atomic E-state index is 0.0220. The second-order valence-corrected chi connectivity index (χ2v) is 8.41. The lowest BCUT2D eigenvalue weighted by Crippen LogP contribution is -2.53. The fraction of sp³-hybridized carbons (Fsp3) is 0.280. The summed E-state index contributed by atoms with van der Waals surface area (Å²) in [4.78, 5) is 28.6. The van der Waals surface area contributed by atoms with Crippen LogP contribution >= 0.6 is 0 Å². The number of carbonyl (C=O) groups excluding carboxylic acids is 2. The molecule has 1 aliphatic rings. The summed E-state index contributed by atoms with van der Waals surface area (Å²) in [6, 6.07) is 7.99. The van der Waals surface area contributed by atoms with Crippen LogP contribution in [0.15, 0.2) is 48.2 Å². The van der Waals surface area contributed by atoms with Crippen molar-refractivity contribution in [2.24, 2.45) is 5.92 Å². The molecule has 3 rings (SSSR count). The highest BCUT2D eigenvalue weighted by molar-refractivity contribution is 6.06. The first-order valence-corrected chi connectivity index (χ1v) is 10.7. The third kappa shape index (κ3) is 4.96. The van der Waals surface area contributed by atoms with Crippen molar-refractivity contribution in [1.82, 2.24) is 10.2 Å². The minimum Gasteiger partial charge on any atom is -0.394 e. The van der Waals surface area contributed by atoms with Crippen LogP contribution in [0, 0.1) is 34.3 Å². The molecule has 0 radical (unpaired) electrons. The number of amides is 2. The van der Waals surface area contributed by atoms with Gasteiger partial charge in [-0.1, -0.05) is 13.8 Å². The highest BCUT2D eigenvalue weighted by Crippen LogP contribution is 2.38. The SMILES string of the molecule is CN/C=C(\C=N)[C@@H]1[C@@H](C(=O)Nc2cc(F)cc(C#N)c2)c2cc(F)ccc2C(=O)N1CC(C)C. The Labute approximate surface area is 196 Å². The molecular weight excluding hydrogens is 440 g/mol. The molecule has 0 unspecified atom stereocenters. The maximum Gasteiger partial charge on any atom is 0.254 e. The predicted molar refractivity (Wildman–Crippen MR) is 124 cm³/mol. The third-order valence-corrected chi connectivity index (χ3v) is 5.45. The van der Waals surface area contributed by atoms with Gasteiger partial charge in [0.1, 0.15) is 11.6 Å². The van der Waals surface area contributed by atoms with E-state index in [1.54, 1.807) is 7.05 Å². The van der Waals surface area contributed by atoms with E-state index in [-0.39, 0.29) is 40.7 Å². The van der Waals surface area contributed by atoms with Crippen LogP contribution in [-0.4, -0.2) is 42.6 Å². The van der Waals surface area contributed by atoms with E-state index in [2.05, 4.69) is 10.6 Å². The lowest BCUT2D eigenvalue weighted by Gasteiger charge is -2.42. The number of halogens is 2. The van der Waals surface area contributed by atoms with Crippen molar-refractivity contribution in [3.63, 3.8) is 0 Å². The topological polar surface area (TPSA) is 109 Å². The molecule has 0 saturated heterocycles. The summed E-state index contributed by atoms with van der Waals surface area (Å²) >= 11 is 0. The first kappa shape index (κ1) is 24.6. The Balaban J connectivity index is 2.20. The van der Waals surface area contributed by atoms with Crippen molar-refractivity contribution >= 4 is 23.7 Å². The molecule has 2 amide bonds. The molecule has 9 heteroatoms. The van der Waals surface area contributed by atoms with E-state index in [1.165, 1.54) is 23.2 Å². The number of nitriles is 1. The molecule has 7 nitrogen and oxygen atoms in total. The summed E-state index contributed by atoms with van der Waals surface area (Å²) < 4.78 is 28.3. The molecule has 3 N–H and O–H groups in total. The molecular formula is C25H25F2N5O2. The number of nitrogens with zero attached hydrogens (tertiary/aromatic N) is 2. The van der Waals surface area contributed by atoms with Crippen LogP contribution in [0.25, 0.3) is 0 Å². The molecule has 34 heavy (non-hydrogen) atoms. The van der Waals surface area contributed by atoms with Crippen LogP contribution in [-0.2, 0) is 4.79 Å². The van der Waals surface area contributed by atoms with Gasteiger partial charge in [-0.3, -0.25) is 9.59 Å². The molecule has 0 saturated carbocycles. The summed E-state index contributed by atoms with van der Waals surface area (Å²) in [5.41, 5.74) is 0.773. The number of carbonyl (C=O) groups is 2. The van der Waals surface area contributed by atoms with Gasteiger partial charge in [-0.15, -0.1) is 0 Å². The first-order chi connectivity index (χ1) is 16.2. The normalized spacial score (nSPS) is 17.7. The molecule has 2 atom stereocenters. The maximum atomic E-state index is 14.3. The average Bonchev–Trinajstić information content (AvgIpc) is 2.78. The number of fused-ring (bicyclic) bond motifs is 1. The number of anilines is 1. The standard InChI is InChI=1S/C25H25F2N5O2/c1-14(2)13-32-23(16(11-29)12-30-3)22(21-9-17(26)4-5-20(21)25(32)34)24(33)31-19-7-15(10-28)6-18(27)8-19/h4-9,11-12,14,22-23,29-30H,13H2,1-3H3,(H,31,33)/b16-12+,29-11?/t22-,23+/m0/s1. The lowest BCUT2D eigenvalue weighted by atomic mass is 9.78. The van der Waals surface area contributed by atoms with Crippen molar-refractivity contribution in [1.29, 1.82) is 10.7 Å². The van der Waals surface area contributed by atoms with Crippen LogP contribution < -0.4 is 10.6 Å². The first-order valence-electron chi connectivity index (χ1n) is 10.7. The molecule has 0 aromatic heterocycles. The highest BCUT2D eigenvalue weighted by atomic mass is 19.1. The predicted octanol–water partition coefficient (Wildman–Crippen LogP) is 3.79. The van der Waals surface area contributed by atoms with Crippen LogP contribution in [0.5, 0.6) is 0 Å². The summed E-state index contributed by atoms with van der Waals surface area (Å²) in [5, 5.41) is 22.5. The van der Waals surface area contributed by atoms with Crippen molar-refractivity contribution < 1.29 is 18.4 Å². The Kier molecular flexibility index (Phi) is 7.41. The molecule has 0 bridgehead atoms. The number of hydrogen-bond donors (Lipinski definition) is 3. The highest BCUT2D eigenvalue weighted by Gasteiger charge is 2.45. The van der Waals surface area contributed by atoms with E-state index in [9.17, 15) is 18.4 Å². The molecule has 0 spiro atoms. The second-order valence-electron chi connectivity index (χ2n) is 8.41. The van der Waals surface area contributed by atoms with Crippen molar-refractivity contribution in [3.05, 3.63) is 76.5 Å². The summed E-state index contributed by atoms with van der Waals surface area (Å²) in [6.45, 7) is 4.13. The minimum atomic E-state index is -1.10. The number of rotatable bonds is 7. The van der Waals surface area contributed by atoms with Crippen LogP contribution in [0.4, 0.5) is 14.5 Å². The van der Waals surface area contributed by atoms with Crippen molar-refractivity contribution in [3.8, 4) is 6.07 Å². The fourth-order valence-electron chi connectivity index (χ4n) is 4.19. The summed E-state index contributed by atoms with van der Waals surface area (Å²) in [5.74, 6) is -3.38. The molecule has 1 heterocycles. The van der Waals surface area contributed by atoms with Gasteiger partial charge in [0.05, 0.1) is 23.6 Å². The van der Waals surface area contributed by atoms with E-state index in [4.69, 9.17) is 10.7 Å². The number of benzene rings is 2. The van der Waals surface area contributed by atoms with Gasteiger partial charge in [-0.25, -0.2) is 8.78 Å². The largest absolute Gasteiger partial charge is 0.394 e. The van der Waals surface area contributed by atoms with Crippen LogP contribution in [0.2, 0.25) is 0 Å². The van der Waals surface area contributed by atoms with Crippen molar-refractivity contribution in [2.45, 2.75) is 25.8 Å². The quantitative estimate of drug-likeness (QED) is 0.541. The van der Waals surface area contributed by atoms with Gasteiger partial charge in [-0.05, 0) is 47.9 Å². The Hall–Kier alpha value is -4.06. The van der Waals surface area contributed by atoms with Crippen molar-refractivity contribution in [2.75, 3.05) is 18.9 Å². The average molecular weight is 466 g/mol. The van der Waals surface area contributed by atoms with Gasteiger partial charge in [0.15, 0.2) is 0 Å². The molecule has 176 valence electrons. The van der Waals surface area contributed by atoms with Gasteiger partial charge in [-0.2, -0.15) is 5.26 Å². The number of nitrogens with one attached hydrogen (secondary N) is 3. The van der Waals surface area contributed by atoms with Gasteiger partial charge in [0.2, 0.25) is 5.91 Å². The van der Waals surface area contributed by atoms with Gasteiger partial charge >= 0.3 is 0 Å². The zero-order valence-electron chi connectivity index (χ0n) is 19.0. The monoisotopic (exact) mass is 465 g/mol. The van der Waals surface area contributed by atoms with E-state index in [0.29, 0.717) is 5.57 Å². The molecule has 2 aromatic carbocycles. The van der Waals surface area contributed by atoms with E-state index < -0.39 is 29.5 Å². The molecule has 0 fully saturated rings. The molecule has 0 aliphatic carbocycles. The fourth-order valence-corrected chi connectivity index (χ4v) is 4.19. The Morgan fingerprint density at radius 2 is 1.97 bits per heavy atom. The third-order valence-electron chi connectivity index (χ3n) is 5.45. The van der Waals surface area contributed by atoms with E-state index in [0.717, 1.165) is 30.5 Å². The Morgan fingerprint density at radius 1 is 1.24 bits per heavy atom. The molecule has 1 aliphatic heterocycles. The maximum absolute atomic E-state index is 14.3. The second kappa shape index (κ2) is 10.3. The molecule has 2 aromatic rings. The zero-order chi connectivity index (χ0) is 25.0. The smallest absolute Gasteiger partial charge is 0.254 e. The summed E-state index contributed by atoms with van der Waals surface area (Å²) in [6.07, 6.45) is 2.56. The zero-order valence-corrected chi connectivity index (χ0v) is 19.0. The van der Waals surface area contributed by atoms with Crippen LogP contribution in [0.3, 0.4) is 0 Å². The number of hydrogen-bond acceptors (Lipinski definition) is 5. The van der Waals surface area contributed by atoms with E-state index in [1.807, 2.05) is 19.9 Å². The Bertz CT molecular complexity index is 1200. The van der Waals surface area contributed by atoms with Gasteiger partial charge in [0.25, 0.3) is 5.91 Å². The lowest BCUT2D eigenvalue weighted by molar-refractivity contribution is -0.118. The van der Waals surface area contributed by atoms with E-state index >= 15 is 0 Å². The van der Waals surface area contributed by atoms with Gasteiger partial charge < -0.3 is 20.9 Å².